The highest BCUT2D eigenvalue weighted by atomic mass is 32.1. The Morgan fingerprint density at radius 3 is 2.17 bits per heavy atom. The van der Waals surface area contributed by atoms with Gasteiger partial charge in [-0.05, 0) is 54.9 Å². The van der Waals surface area contributed by atoms with Crippen molar-refractivity contribution in [1.82, 2.24) is 0 Å². The zero-order valence-corrected chi connectivity index (χ0v) is 14.2. The number of benzene rings is 2. The minimum atomic E-state index is -0.803. The van der Waals surface area contributed by atoms with E-state index in [0.717, 1.165) is 24.1 Å². The monoisotopic (exact) mass is 341 g/mol. The predicted molar refractivity (Wildman–Crippen MR) is 96.7 cm³/mol. The summed E-state index contributed by atoms with van der Waals surface area (Å²) in [6, 6.07) is 10.2. The summed E-state index contributed by atoms with van der Waals surface area (Å²) >= 11 is 4.37. The molecule has 0 N–H and O–H groups in total. The molecule has 0 radical (unpaired) electrons. The second kappa shape index (κ2) is 9.08. The van der Waals surface area contributed by atoms with Crippen LogP contribution in [0.3, 0.4) is 0 Å². The van der Waals surface area contributed by atoms with E-state index in [-0.39, 0.29) is 5.56 Å². The summed E-state index contributed by atoms with van der Waals surface area (Å²) in [7, 11) is 0. The average Bonchev–Trinajstić information content (AvgIpc) is 2.58. The number of aryl methyl sites for hydroxylation is 1. The molecule has 24 heavy (non-hydrogen) atoms. The van der Waals surface area contributed by atoms with Crippen molar-refractivity contribution in [3.8, 4) is 11.8 Å². The summed E-state index contributed by atoms with van der Waals surface area (Å²) < 4.78 is 27.5. The molecule has 0 aliphatic rings. The van der Waals surface area contributed by atoms with Crippen LogP contribution in [0, 0.1) is 23.5 Å². The number of rotatable bonds is 5. The maximum absolute atomic E-state index is 13.7. The second-order valence-electron chi connectivity index (χ2n) is 5.40. The van der Waals surface area contributed by atoms with Gasteiger partial charge in [-0.25, -0.2) is 8.78 Å². The van der Waals surface area contributed by atoms with Gasteiger partial charge < -0.3 is 0 Å². The number of hydrogen-bond donors (Lipinski definition) is 0. The number of aliphatic imine (C=N–C) groups is 1. The third-order valence-electron chi connectivity index (χ3n) is 3.55. The lowest BCUT2D eigenvalue weighted by Crippen LogP contribution is -1.87. The molecule has 0 saturated heterocycles. The molecule has 0 amide bonds. The number of nitrogens with zero attached hydrogens (tertiary/aromatic N) is 1. The molecule has 1 nitrogen and oxygen atoms in total. The molecule has 4 heteroatoms. The Balaban J connectivity index is 2.13. The molecule has 0 unspecified atom stereocenters. The lowest BCUT2D eigenvalue weighted by molar-refractivity contribution is 0.587. The topological polar surface area (TPSA) is 12.4 Å². The highest BCUT2D eigenvalue weighted by Crippen LogP contribution is 2.23. The van der Waals surface area contributed by atoms with E-state index in [1.807, 2.05) is 29.4 Å². The summed E-state index contributed by atoms with van der Waals surface area (Å²) in [4.78, 5) is 3.37. The van der Waals surface area contributed by atoms with Crippen molar-refractivity contribution >= 4 is 23.1 Å². The van der Waals surface area contributed by atoms with E-state index >= 15 is 0 Å². The van der Waals surface area contributed by atoms with Crippen molar-refractivity contribution in [2.24, 2.45) is 4.99 Å². The summed E-state index contributed by atoms with van der Waals surface area (Å²) in [5, 5.41) is 1.96. The van der Waals surface area contributed by atoms with Crippen molar-refractivity contribution in [3.05, 3.63) is 64.7 Å². The smallest absolute Gasteiger partial charge is 0.153 e. The number of isothiocyanates is 1. The molecule has 0 aromatic heterocycles. The number of hydrogen-bond acceptors (Lipinski definition) is 2. The van der Waals surface area contributed by atoms with Crippen LogP contribution in [0.25, 0.3) is 0 Å². The van der Waals surface area contributed by atoms with Gasteiger partial charge in [0.2, 0.25) is 0 Å². The van der Waals surface area contributed by atoms with Crippen molar-refractivity contribution in [3.63, 3.8) is 0 Å². The fraction of sp³-hybridized carbons (Fsp3) is 0.250. The zero-order chi connectivity index (χ0) is 17.4. The highest BCUT2D eigenvalue weighted by Gasteiger charge is 2.09. The van der Waals surface area contributed by atoms with Crippen molar-refractivity contribution < 1.29 is 8.78 Å². The van der Waals surface area contributed by atoms with Crippen LogP contribution in [-0.4, -0.2) is 5.16 Å². The highest BCUT2D eigenvalue weighted by molar-refractivity contribution is 7.78. The molecular formula is C20H17F2NS. The molecule has 0 heterocycles. The molecular weight excluding hydrogens is 324 g/mol. The van der Waals surface area contributed by atoms with Crippen LogP contribution < -0.4 is 0 Å². The van der Waals surface area contributed by atoms with E-state index in [2.05, 4.69) is 36.0 Å². The van der Waals surface area contributed by atoms with Gasteiger partial charge in [-0.15, -0.1) is 0 Å². The molecule has 122 valence electrons. The van der Waals surface area contributed by atoms with Gasteiger partial charge in [0.25, 0.3) is 0 Å². The Morgan fingerprint density at radius 1 is 0.958 bits per heavy atom. The number of unbranched alkanes of at least 4 members (excludes halogenated alkanes) is 2. The minimum Gasteiger partial charge on any atom is -0.204 e. The van der Waals surface area contributed by atoms with Crippen LogP contribution in [0.15, 0.2) is 41.4 Å². The van der Waals surface area contributed by atoms with Crippen LogP contribution >= 0.6 is 12.2 Å². The second-order valence-corrected chi connectivity index (χ2v) is 5.58. The molecule has 2 aromatic rings. The Kier molecular flexibility index (Phi) is 6.81. The predicted octanol–water partition coefficient (Wildman–Crippen LogP) is 5.83. The van der Waals surface area contributed by atoms with E-state index in [4.69, 9.17) is 0 Å². The van der Waals surface area contributed by atoms with Crippen molar-refractivity contribution in [1.29, 1.82) is 0 Å². The summed E-state index contributed by atoms with van der Waals surface area (Å²) in [5.74, 6) is 4.07. The Hall–Kier alpha value is -2.34. The Bertz CT molecular complexity index is 787. The normalized spacial score (nSPS) is 9.79. The summed E-state index contributed by atoms with van der Waals surface area (Å²) in [5.41, 5.74) is 1.89. The van der Waals surface area contributed by atoms with Crippen LogP contribution in [0.2, 0.25) is 0 Å². The van der Waals surface area contributed by atoms with Gasteiger partial charge in [0.05, 0.1) is 5.16 Å². The van der Waals surface area contributed by atoms with E-state index in [9.17, 15) is 8.78 Å². The fourth-order valence-corrected chi connectivity index (χ4v) is 2.36. The first-order valence-electron chi connectivity index (χ1n) is 7.82. The van der Waals surface area contributed by atoms with E-state index in [0.29, 0.717) is 0 Å². The molecule has 0 spiro atoms. The third kappa shape index (κ3) is 5.09. The molecule has 0 aliphatic carbocycles. The largest absolute Gasteiger partial charge is 0.204 e. The van der Waals surface area contributed by atoms with Gasteiger partial charge in [-0.3, -0.25) is 0 Å². The molecule has 0 saturated carbocycles. The van der Waals surface area contributed by atoms with Gasteiger partial charge in [0.1, 0.15) is 5.69 Å². The first kappa shape index (κ1) is 18.0. The number of thiocarbonyl (C=S) groups is 1. The lowest BCUT2D eigenvalue weighted by atomic mass is 10.1. The van der Waals surface area contributed by atoms with E-state index in [1.165, 1.54) is 24.8 Å². The standard InChI is InChI=1S/C20H17F2NS/c1-2-3-4-5-15-6-8-16(9-7-15)10-11-17-12-18(21)20(23-14-24)19(22)13-17/h6-9,12-13H,2-5H2,1H3. The van der Waals surface area contributed by atoms with Crippen molar-refractivity contribution in [2.75, 3.05) is 0 Å². The van der Waals surface area contributed by atoms with Gasteiger partial charge in [0, 0.05) is 11.1 Å². The van der Waals surface area contributed by atoms with Crippen LogP contribution in [-0.2, 0) is 6.42 Å². The lowest BCUT2D eigenvalue weighted by Gasteiger charge is -2.00. The average molecular weight is 341 g/mol. The van der Waals surface area contributed by atoms with Gasteiger partial charge in [-0.2, -0.15) is 4.99 Å². The number of halogens is 2. The molecule has 2 aromatic carbocycles. The summed E-state index contributed by atoms with van der Waals surface area (Å²) in [6.45, 7) is 2.18. The maximum Gasteiger partial charge on any atom is 0.153 e. The molecule has 2 rings (SSSR count). The third-order valence-corrected chi connectivity index (χ3v) is 3.64. The van der Waals surface area contributed by atoms with Gasteiger partial charge in [-0.1, -0.05) is 43.7 Å². The molecule has 0 atom stereocenters. The van der Waals surface area contributed by atoms with Crippen LogP contribution in [0.5, 0.6) is 0 Å². The van der Waals surface area contributed by atoms with E-state index in [1.54, 1.807) is 0 Å². The Labute approximate surface area is 146 Å². The fourth-order valence-electron chi connectivity index (χ4n) is 2.27. The van der Waals surface area contributed by atoms with Gasteiger partial charge >= 0.3 is 0 Å². The molecule has 0 fully saturated rings. The quantitative estimate of drug-likeness (QED) is 0.288. The first-order chi connectivity index (χ1) is 11.6. The van der Waals surface area contributed by atoms with Crippen LogP contribution in [0.4, 0.5) is 14.5 Å². The van der Waals surface area contributed by atoms with Gasteiger partial charge in [0.15, 0.2) is 11.6 Å². The first-order valence-corrected chi connectivity index (χ1v) is 8.22. The minimum absolute atomic E-state index is 0.250. The van der Waals surface area contributed by atoms with E-state index < -0.39 is 17.3 Å². The zero-order valence-electron chi connectivity index (χ0n) is 13.4. The van der Waals surface area contributed by atoms with Crippen LogP contribution in [0.1, 0.15) is 42.9 Å². The van der Waals surface area contributed by atoms with Crippen molar-refractivity contribution in [2.45, 2.75) is 32.6 Å². The molecule has 0 aliphatic heterocycles. The SMILES string of the molecule is CCCCCc1ccc(C#Cc2cc(F)c(N=C=S)c(F)c2)cc1. The maximum atomic E-state index is 13.7. The summed E-state index contributed by atoms with van der Waals surface area (Å²) in [6.07, 6.45) is 4.66. The molecule has 0 bridgehead atoms. The Morgan fingerprint density at radius 2 is 1.58 bits per heavy atom.